The number of amides is 4. The van der Waals surface area contributed by atoms with E-state index in [4.69, 9.17) is 28.7 Å². The summed E-state index contributed by atoms with van der Waals surface area (Å²) in [6.07, 6.45) is 1.50. The average Bonchev–Trinajstić information content (AvgIpc) is 3.00. The quantitative estimate of drug-likeness (QED) is 0.0510. The molecule has 2 aromatic carbocycles. The molecule has 2 aromatic rings. The molecule has 4 atom stereocenters. The van der Waals surface area contributed by atoms with Gasteiger partial charge in [-0.2, -0.15) is 0 Å². The van der Waals surface area contributed by atoms with Crippen LogP contribution in [0.25, 0.3) is 0 Å². The van der Waals surface area contributed by atoms with Crippen molar-refractivity contribution in [2.45, 2.75) is 63.6 Å². The summed E-state index contributed by atoms with van der Waals surface area (Å²) in [5, 5.41) is 17.7. The largest absolute Gasteiger partial charge is 0.508 e. The number of carbonyl (C=O) groups excluding carboxylic acids is 4. The van der Waals surface area contributed by atoms with Crippen LogP contribution in [0, 0.1) is 5.92 Å². The molecule has 250 valence electrons. The highest BCUT2D eigenvalue weighted by atomic mass is 16.3. The average molecular weight is 639 g/mol. The minimum absolute atomic E-state index is 0.102. The van der Waals surface area contributed by atoms with Crippen LogP contribution in [0.1, 0.15) is 43.7 Å². The number of hydrogen-bond acceptors (Lipinski definition) is 7. The Kier molecular flexibility index (Phi) is 15.3. The van der Waals surface area contributed by atoms with E-state index < -0.39 is 41.8 Å². The fourth-order valence-corrected chi connectivity index (χ4v) is 4.56. The summed E-state index contributed by atoms with van der Waals surface area (Å²) in [6, 6.07) is 12.5. The lowest BCUT2D eigenvalue weighted by molar-refractivity contribution is -0.134. The van der Waals surface area contributed by atoms with E-state index in [1.165, 1.54) is 12.1 Å². The molecule has 4 unspecified atom stereocenters. The normalized spacial score (nSPS) is 13.2. The molecule has 0 heterocycles. The summed E-state index contributed by atoms with van der Waals surface area (Å²) in [6.45, 7) is 2.15. The van der Waals surface area contributed by atoms with Crippen molar-refractivity contribution < 1.29 is 24.3 Å². The number of primary amides is 1. The van der Waals surface area contributed by atoms with Crippen molar-refractivity contribution in [3.8, 4) is 5.75 Å². The monoisotopic (exact) mass is 638 g/mol. The van der Waals surface area contributed by atoms with Crippen molar-refractivity contribution in [2.75, 3.05) is 13.1 Å². The van der Waals surface area contributed by atoms with Crippen LogP contribution in [0.15, 0.2) is 64.6 Å². The second-order valence-electron chi connectivity index (χ2n) is 10.9. The lowest BCUT2D eigenvalue weighted by Gasteiger charge is -2.25. The third-order valence-electron chi connectivity index (χ3n) is 7.02. The van der Waals surface area contributed by atoms with Crippen LogP contribution in [0.2, 0.25) is 0 Å². The Morgan fingerprint density at radius 2 is 1.13 bits per heavy atom. The Balaban J connectivity index is 2.23. The van der Waals surface area contributed by atoms with Crippen molar-refractivity contribution in [1.29, 1.82) is 0 Å². The summed E-state index contributed by atoms with van der Waals surface area (Å²) in [7, 11) is 0. The van der Waals surface area contributed by atoms with Gasteiger partial charge in [-0.05, 0) is 55.4 Å². The number of hydrogen-bond donors (Lipinski definition) is 9. The molecule has 0 aromatic heterocycles. The van der Waals surface area contributed by atoms with Crippen molar-refractivity contribution in [1.82, 2.24) is 16.0 Å². The number of carbonyl (C=O) groups is 4. The number of phenolic OH excluding ortho intramolecular Hbond substituents is 1. The molecule has 14 N–H and O–H groups in total. The van der Waals surface area contributed by atoms with Gasteiger partial charge in [-0.25, -0.2) is 0 Å². The Morgan fingerprint density at radius 1 is 0.652 bits per heavy atom. The van der Waals surface area contributed by atoms with Crippen molar-refractivity contribution >= 4 is 35.5 Å². The maximum absolute atomic E-state index is 13.7. The molecule has 0 fully saturated rings. The van der Waals surface area contributed by atoms with E-state index in [0.29, 0.717) is 19.3 Å². The van der Waals surface area contributed by atoms with E-state index in [2.05, 4.69) is 25.9 Å². The topological polar surface area (TPSA) is 279 Å². The van der Waals surface area contributed by atoms with E-state index in [0.717, 1.165) is 11.1 Å². The smallest absolute Gasteiger partial charge is 0.243 e. The molecule has 0 bridgehead atoms. The van der Waals surface area contributed by atoms with E-state index in [1.54, 1.807) is 19.1 Å². The summed E-state index contributed by atoms with van der Waals surface area (Å²) < 4.78 is 0. The van der Waals surface area contributed by atoms with Gasteiger partial charge in [-0.15, -0.1) is 0 Å². The zero-order chi connectivity index (χ0) is 34.1. The standard InChI is InChI=1S/C31H46N10O5/c1-19(17-21-11-13-22(42)14-12-21)27(44)41-25(18-20-7-3-2-4-8-20)29(46)40-24(10-6-16-38-31(35)36)28(45)39-23(26(32)43)9-5-15-37-30(33)34/h2-4,7-8,11-14,19,23-25,42H,5-6,9-10,15-18H2,1H3,(H2,32,43)(H,39,45)(H,40,46)(H,41,44)(H4,33,34,37)(H4,35,36,38). The highest BCUT2D eigenvalue weighted by Gasteiger charge is 2.30. The number of rotatable bonds is 19. The highest BCUT2D eigenvalue weighted by Crippen LogP contribution is 2.15. The number of aliphatic imine (C=N–C) groups is 2. The lowest BCUT2D eigenvalue weighted by atomic mass is 9.98. The molecule has 0 saturated carbocycles. The number of nitrogens with one attached hydrogen (secondary N) is 3. The molecule has 0 aliphatic rings. The highest BCUT2D eigenvalue weighted by molar-refractivity contribution is 5.94. The van der Waals surface area contributed by atoms with E-state index in [-0.39, 0.29) is 55.9 Å². The molecule has 2 rings (SSSR count). The van der Waals surface area contributed by atoms with Crippen LogP contribution < -0.4 is 44.6 Å². The fraction of sp³-hybridized carbons (Fsp3) is 0.419. The van der Waals surface area contributed by atoms with E-state index in [1.807, 2.05) is 30.3 Å². The van der Waals surface area contributed by atoms with Gasteiger partial charge in [-0.3, -0.25) is 29.2 Å². The van der Waals surface area contributed by atoms with Gasteiger partial charge in [0.15, 0.2) is 11.9 Å². The van der Waals surface area contributed by atoms with Crippen LogP contribution in [-0.4, -0.2) is 71.9 Å². The van der Waals surface area contributed by atoms with Crippen LogP contribution in [0.4, 0.5) is 0 Å². The molecular weight excluding hydrogens is 592 g/mol. The third-order valence-corrected chi connectivity index (χ3v) is 7.02. The number of guanidine groups is 2. The van der Waals surface area contributed by atoms with Gasteiger partial charge in [0.25, 0.3) is 0 Å². The van der Waals surface area contributed by atoms with Gasteiger partial charge in [-0.1, -0.05) is 49.4 Å². The molecule has 0 radical (unpaired) electrons. The van der Waals surface area contributed by atoms with Crippen molar-refractivity contribution in [3.05, 3.63) is 65.7 Å². The molecular formula is C31H46N10O5. The lowest BCUT2D eigenvalue weighted by Crippen LogP contribution is -2.57. The van der Waals surface area contributed by atoms with E-state index in [9.17, 15) is 24.3 Å². The van der Waals surface area contributed by atoms with Gasteiger partial charge in [0, 0.05) is 25.4 Å². The molecule has 0 saturated heterocycles. The summed E-state index contributed by atoms with van der Waals surface area (Å²) >= 11 is 0. The minimum Gasteiger partial charge on any atom is -0.508 e. The van der Waals surface area contributed by atoms with Gasteiger partial charge >= 0.3 is 0 Å². The number of nitrogens with two attached hydrogens (primary N) is 5. The Labute approximate surface area is 268 Å². The van der Waals surface area contributed by atoms with Gasteiger partial charge in [0.2, 0.25) is 23.6 Å². The Hall–Kier alpha value is -5.34. The zero-order valence-corrected chi connectivity index (χ0v) is 26.0. The molecule has 0 spiro atoms. The first-order valence-corrected chi connectivity index (χ1v) is 15.0. The van der Waals surface area contributed by atoms with Crippen LogP contribution >= 0.6 is 0 Å². The maximum Gasteiger partial charge on any atom is 0.243 e. The maximum atomic E-state index is 13.7. The van der Waals surface area contributed by atoms with Gasteiger partial charge in [0.05, 0.1) is 0 Å². The predicted octanol–water partition coefficient (Wildman–Crippen LogP) is -1.14. The van der Waals surface area contributed by atoms with Crippen molar-refractivity contribution in [2.24, 2.45) is 44.6 Å². The summed E-state index contributed by atoms with van der Waals surface area (Å²) in [4.78, 5) is 60.3. The molecule has 0 aliphatic heterocycles. The first-order valence-electron chi connectivity index (χ1n) is 15.0. The molecule has 4 amide bonds. The third kappa shape index (κ3) is 14.0. The minimum atomic E-state index is -1.11. The first-order chi connectivity index (χ1) is 21.8. The Bertz CT molecular complexity index is 1340. The second kappa shape index (κ2) is 19.1. The molecule has 15 heteroatoms. The van der Waals surface area contributed by atoms with Crippen LogP contribution in [0.5, 0.6) is 5.75 Å². The fourth-order valence-electron chi connectivity index (χ4n) is 4.56. The SMILES string of the molecule is CC(Cc1ccc(O)cc1)C(=O)NC(Cc1ccccc1)C(=O)NC(CCCN=C(N)N)C(=O)NC(CCCN=C(N)N)C(N)=O. The number of benzene rings is 2. The summed E-state index contributed by atoms with van der Waals surface area (Å²) in [5.41, 5.74) is 28.7. The van der Waals surface area contributed by atoms with E-state index >= 15 is 0 Å². The molecule has 15 nitrogen and oxygen atoms in total. The van der Waals surface area contributed by atoms with Gasteiger partial charge < -0.3 is 49.7 Å². The van der Waals surface area contributed by atoms with Gasteiger partial charge in [0.1, 0.15) is 23.9 Å². The summed E-state index contributed by atoms with van der Waals surface area (Å²) in [5.74, 6) is -2.99. The number of nitrogens with zero attached hydrogens (tertiary/aromatic N) is 2. The number of phenols is 1. The van der Waals surface area contributed by atoms with Crippen LogP contribution in [0.3, 0.4) is 0 Å². The zero-order valence-electron chi connectivity index (χ0n) is 26.0. The molecule has 0 aliphatic carbocycles. The van der Waals surface area contributed by atoms with Crippen LogP contribution in [-0.2, 0) is 32.0 Å². The van der Waals surface area contributed by atoms with Crippen molar-refractivity contribution in [3.63, 3.8) is 0 Å². The number of aromatic hydroxyl groups is 1. The Morgan fingerprint density at radius 3 is 1.67 bits per heavy atom. The molecule has 46 heavy (non-hydrogen) atoms. The first kappa shape index (κ1) is 36.8. The predicted molar refractivity (Wildman–Crippen MR) is 176 cm³/mol. The second-order valence-corrected chi connectivity index (χ2v) is 10.9.